The molecule has 0 aliphatic heterocycles. The zero-order chi connectivity index (χ0) is 32.2. The zero-order valence-corrected chi connectivity index (χ0v) is 28.5. The molecule has 4 rings (SSSR count). The third-order valence-corrected chi connectivity index (χ3v) is 8.74. The van der Waals surface area contributed by atoms with Gasteiger partial charge in [0.15, 0.2) is 17.5 Å². The molecule has 0 spiro atoms. The molecule has 3 aromatic carbocycles. The Kier molecular flexibility index (Phi) is 13.0. The number of benzene rings is 3. The van der Waals surface area contributed by atoms with E-state index in [1.165, 1.54) is 12.8 Å². The van der Waals surface area contributed by atoms with Crippen molar-refractivity contribution in [1.82, 2.24) is 15.0 Å². The highest BCUT2D eigenvalue weighted by Crippen LogP contribution is 2.36. The topological polar surface area (TPSA) is 97.6 Å². The van der Waals surface area contributed by atoms with Crippen molar-refractivity contribution in [3.63, 3.8) is 0 Å². The molecule has 0 aliphatic rings. The summed E-state index contributed by atoms with van der Waals surface area (Å²) in [5.41, 5.74) is 1.66. The van der Waals surface area contributed by atoms with Crippen LogP contribution >= 0.6 is 15.9 Å². The van der Waals surface area contributed by atoms with Gasteiger partial charge in [-0.25, -0.2) is 15.0 Å². The van der Waals surface area contributed by atoms with Crippen LogP contribution in [0.1, 0.15) is 79.1 Å². The Morgan fingerprint density at radius 1 is 0.622 bits per heavy atom. The van der Waals surface area contributed by atoms with Crippen molar-refractivity contribution in [1.29, 1.82) is 0 Å². The minimum atomic E-state index is 0.00883. The summed E-state index contributed by atoms with van der Waals surface area (Å²) in [6, 6.07) is 18.1. The lowest BCUT2D eigenvalue weighted by Gasteiger charge is -2.16. The molecule has 0 saturated heterocycles. The number of ether oxygens (including phenoxy) is 2. The van der Waals surface area contributed by atoms with Crippen molar-refractivity contribution in [3.8, 4) is 57.2 Å². The second-order valence-electron chi connectivity index (χ2n) is 11.6. The van der Waals surface area contributed by atoms with Crippen LogP contribution in [-0.2, 0) is 0 Å². The van der Waals surface area contributed by atoms with Gasteiger partial charge in [-0.15, -0.1) is 0 Å². The highest BCUT2D eigenvalue weighted by atomic mass is 79.9. The lowest BCUT2D eigenvalue weighted by Crippen LogP contribution is -2.11. The Morgan fingerprint density at radius 3 is 1.47 bits per heavy atom. The average molecular weight is 677 g/mol. The molecule has 1 heterocycles. The van der Waals surface area contributed by atoms with E-state index in [-0.39, 0.29) is 23.1 Å². The van der Waals surface area contributed by atoms with Crippen LogP contribution in [0.5, 0.6) is 23.0 Å². The van der Waals surface area contributed by atoms with Gasteiger partial charge in [-0.2, -0.15) is 0 Å². The fourth-order valence-corrected chi connectivity index (χ4v) is 5.41. The van der Waals surface area contributed by atoms with E-state index in [0.717, 1.165) is 48.6 Å². The number of aromatic hydroxyl groups is 2. The summed E-state index contributed by atoms with van der Waals surface area (Å²) in [5, 5.41) is 22.2. The summed E-state index contributed by atoms with van der Waals surface area (Å²) in [5.74, 6) is 3.17. The molecule has 0 aliphatic carbocycles. The monoisotopic (exact) mass is 675 g/mol. The van der Waals surface area contributed by atoms with E-state index in [9.17, 15) is 10.2 Å². The van der Waals surface area contributed by atoms with Gasteiger partial charge in [0.25, 0.3) is 0 Å². The third kappa shape index (κ3) is 9.67. The van der Waals surface area contributed by atoms with Crippen molar-refractivity contribution >= 4 is 15.9 Å². The Labute approximate surface area is 276 Å². The smallest absolute Gasteiger partial charge is 0.167 e. The quantitative estimate of drug-likeness (QED) is 0.115. The van der Waals surface area contributed by atoms with Gasteiger partial charge in [-0.05, 0) is 61.1 Å². The molecule has 45 heavy (non-hydrogen) atoms. The molecule has 0 fully saturated rings. The number of aromatic nitrogens is 3. The fourth-order valence-electron chi connectivity index (χ4n) is 5.15. The van der Waals surface area contributed by atoms with Gasteiger partial charge >= 0.3 is 0 Å². The molecule has 1 aromatic heterocycles. The molecule has 7 nitrogen and oxygen atoms in total. The number of nitrogens with zero attached hydrogens (tertiary/aromatic N) is 3. The predicted molar refractivity (Wildman–Crippen MR) is 185 cm³/mol. The molecule has 240 valence electrons. The second-order valence-corrected chi connectivity index (χ2v) is 12.5. The number of rotatable bonds is 17. The minimum absolute atomic E-state index is 0.00883. The van der Waals surface area contributed by atoms with Crippen LogP contribution in [0.15, 0.2) is 65.1 Å². The summed E-state index contributed by atoms with van der Waals surface area (Å²) < 4.78 is 13.0. The molecular weight excluding hydrogens is 630 g/mol. The first-order valence-electron chi connectivity index (χ1n) is 16.3. The number of hydrogen-bond acceptors (Lipinski definition) is 7. The van der Waals surface area contributed by atoms with Gasteiger partial charge in [-0.1, -0.05) is 94.3 Å². The van der Waals surface area contributed by atoms with E-state index < -0.39 is 0 Å². The number of halogens is 1. The lowest BCUT2D eigenvalue weighted by atomic mass is 10.0. The molecule has 0 bridgehead atoms. The molecule has 0 radical (unpaired) electrons. The standard InChI is InChI=1S/C37H46BrN3O4/c1-5-9-11-25(7-3)23-44-29-17-19-31(33(42)21-29)36-39-35(27-13-15-28(38)16-14-27)40-37(41-36)32-20-18-30(22-34(32)43)45-24-26(8-4)12-10-6-2/h13-22,25-26,42-43H,5-12,23-24H2,1-4H3. The van der Waals surface area contributed by atoms with Crippen LogP contribution < -0.4 is 9.47 Å². The van der Waals surface area contributed by atoms with Crippen molar-refractivity contribution < 1.29 is 19.7 Å². The minimum Gasteiger partial charge on any atom is -0.507 e. The van der Waals surface area contributed by atoms with Crippen LogP contribution in [0.2, 0.25) is 0 Å². The Hall–Kier alpha value is -3.65. The number of phenols is 2. The molecule has 0 saturated carbocycles. The molecule has 4 aromatic rings. The molecule has 0 amide bonds. The van der Waals surface area contributed by atoms with Gasteiger partial charge in [0, 0.05) is 22.2 Å². The molecule has 2 N–H and O–H groups in total. The maximum Gasteiger partial charge on any atom is 0.167 e. The van der Waals surface area contributed by atoms with Crippen LogP contribution in [0, 0.1) is 11.8 Å². The predicted octanol–water partition coefficient (Wildman–Crippen LogP) is 10.2. The van der Waals surface area contributed by atoms with Crippen LogP contribution in [-0.4, -0.2) is 38.4 Å². The second kappa shape index (κ2) is 17.2. The Balaban J connectivity index is 1.64. The van der Waals surface area contributed by atoms with Gasteiger partial charge in [0.2, 0.25) is 0 Å². The normalized spacial score (nSPS) is 12.6. The maximum absolute atomic E-state index is 11.1. The highest BCUT2D eigenvalue weighted by molar-refractivity contribution is 9.10. The first-order valence-corrected chi connectivity index (χ1v) is 17.1. The Morgan fingerprint density at radius 2 is 1.07 bits per heavy atom. The lowest BCUT2D eigenvalue weighted by molar-refractivity contribution is 0.232. The van der Waals surface area contributed by atoms with Crippen LogP contribution in [0.3, 0.4) is 0 Å². The van der Waals surface area contributed by atoms with E-state index in [1.807, 2.05) is 36.4 Å². The zero-order valence-electron chi connectivity index (χ0n) is 26.9. The molecule has 2 unspecified atom stereocenters. The van der Waals surface area contributed by atoms with E-state index in [2.05, 4.69) is 43.6 Å². The van der Waals surface area contributed by atoms with Gasteiger partial charge in [0.1, 0.15) is 23.0 Å². The van der Waals surface area contributed by atoms with Gasteiger partial charge < -0.3 is 19.7 Å². The van der Waals surface area contributed by atoms with E-state index >= 15 is 0 Å². The van der Waals surface area contributed by atoms with Crippen molar-refractivity contribution in [2.45, 2.75) is 79.1 Å². The number of unbranched alkanes of at least 4 members (excludes halogenated alkanes) is 2. The highest BCUT2D eigenvalue weighted by Gasteiger charge is 2.18. The summed E-state index contributed by atoms with van der Waals surface area (Å²) in [6.07, 6.45) is 9.04. The van der Waals surface area contributed by atoms with Gasteiger partial charge in [-0.3, -0.25) is 0 Å². The van der Waals surface area contributed by atoms with Crippen LogP contribution in [0.25, 0.3) is 34.2 Å². The number of phenolic OH excluding ortho intramolecular Hbond substituents is 2. The van der Waals surface area contributed by atoms with Crippen molar-refractivity contribution in [2.75, 3.05) is 13.2 Å². The van der Waals surface area contributed by atoms with E-state index in [4.69, 9.17) is 24.4 Å². The fraction of sp³-hybridized carbons (Fsp3) is 0.432. The SMILES string of the molecule is CCCCC(CC)COc1ccc(-c2nc(-c3ccc(Br)cc3)nc(-c3ccc(OCC(CC)CCCC)cc3O)n2)c(O)c1. The van der Waals surface area contributed by atoms with Gasteiger partial charge in [0.05, 0.1) is 24.3 Å². The van der Waals surface area contributed by atoms with E-state index in [0.29, 0.717) is 53.5 Å². The summed E-state index contributed by atoms with van der Waals surface area (Å²) in [7, 11) is 0. The van der Waals surface area contributed by atoms with Crippen molar-refractivity contribution in [2.24, 2.45) is 11.8 Å². The van der Waals surface area contributed by atoms with Crippen molar-refractivity contribution in [3.05, 3.63) is 65.1 Å². The summed E-state index contributed by atoms with van der Waals surface area (Å²) >= 11 is 3.49. The molecule has 2 atom stereocenters. The molecular formula is C37H46BrN3O4. The summed E-state index contributed by atoms with van der Waals surface area (Å²) in [4.78, 5) is 14.2. The number of hydrogen-bond donors (Lipinski definition) is 2. The first kappa shape index (κ1) is 34.2. The molecule has 8 heteroatoms. The average Bonchev–Trinajstić information content (AvgIpc) is 3.05. The van der Waals surface area contributed by atoms with Crippen LogP contribution in [0.4, 0.5) is 0 Å². The largest absolute Gasteiger partial charge is 0.507 e. The maximum atomic E-state index is 11.1. The Bertz CT molecular complexity index is 1420. The summed E-state index contributed by atoms with van der Waals surface area (Å²) in [6.45, 7) is 9.97. The third-order valence-electron chi connectivity index (χ3n) is 8.22. The van der Waals surface area contributed by atoms with E-state index in [1.54, 1.807) is 24.3 Å². The first-order chi connectivity index (χ1) is 21.8.